The summed E-state index contributed by atoms with van der Waals surface area (Å²) in [4.78, 5) is 17.4. The van der Waals surface area contributed by atoms with E-state index >= 15 is 0 Å². The Labute approximate surface area is 177 Å². The van der Waals surface area contributed by atoms with Crippen molar-refractivity contribution in [2.24, 2.45) is 0 Å². The van der Waals surface area contributed by atoms with Gasteiger partial charge in [-0.3, -0.25) is 9.38 Å². The first-order valence-corrected chi connectivity index (χ1v) is 9.64. The second-order valence-electron chi connectivity index (χ2n) is 7.66. The molecule has 160 valence electrons. The zero-order valence-corrected chi connectivity index (χ0v) is 17.3. The standard InChI is InChI=1S/C22H21F2N5O2/c1-13-17(8-14-6-4-5-7-18(14)31-21(23)24)29-12-16(25-11-19(29)28-13)15-9-26-20(27-10-15)22(2,3)30/h4-7,9-12,21,30H,8H2,1-3H3. The summed E-state index contributed by atoms with van der Waals surface area (Å²) >= 11 is 0. The van der Waals surface area contributed by atoms with E-state index in [-0.39, 0.29) is 5.75 Å². The van der Waals surface area contributed by atoms with Crippen molar-refractivity contribution < 1.29 is 18.6 Å². The molecule has 0 saturated carbocycles. The zero-order valence-electron chi connectivity index (χ0n) is 17.3. The van der Waals surface area contributed by atoms with Crippen LogP contribution in [0.5, 0.6) is 5.75 Å². The smallest absolute Gasteiger partial charge is 0.387 e. The number of aryl methyl sites for hydroxylation is 1. The van der Waals surface area contributed by atoms with Crippen LogP contribution in [-0.2, 0) is 12.0 Å². The van der Waals surface area contributed by atoms with Crippen molar-refractivity contribution in [1.82, 2.24) is 24.3 Å². The van der Waals surface area contributed by atoms with Gasteiger partial charge >= 0.3 is 6.61 Å². The fraction of sp³-hybridized carbons (Fsp3) is 0.273. The average Bonchev–Trinajstić information content (AvgIpc) is 3.03. The third-order valence-electron chi connectivity index (χ3n) is 4.85. The van der Waals surface area contributed by atoms with Crippen LogP contribution < -0.4 is 4.74 Å². The van der Waals surface area contributed by atoms with Gasteiger partial charge in [0.15, 0.2) is 11.5 Å². The molecule has 0 bridgehead atoms. The molecule has 0 aliphatic heterocycles. The van der Waals surface area contributed by atoms with Crippen LogP contribution in [0.15, 0.2) is 49.1 Å². The number of para-hydroxylation sites is 1. The number of imidazole rings is 1. The SMILES string of the molecule is Cc1nc2cnc(-c3cnc(C(C)(C)O)nc3)cn2c1Cc1ccccc1OC(F)F. The van der Waals surface area contributed by atoms with Crippen molar-refractivity contribution in [2.45, 2.75) is 39.4 Å². The highest BCUT2D eigenvalue weighted by atomic mass is 19.3. The van der Waals surface area contributed by atoms with Gasteiger partial charge in [0.25, 0.3) is 0 Å². The van der Waals surface area contributed by atoms with E-state index in [1.807, 2.05) is 17.5 Å². The highest BCUT2D eigenvalue weighted by molar-refractivity contribution is 5.58. The molecule has 1 N–H and O–H groups in total. The Balaban J connectivity index is 1.72. The largest absolute Gasteiger partial charge is 0.435 e. The summed E-state index contributed by atoms with van der Waals surface area (Å²) in [5, 5.41) is 10.0. The molecule has 31 heavy (non-hydrogen) atoms. The van der Waals surface area contributed by atoms with Gasteiger partial charge in [0.2, 0.25) is 0 Å². The molecule has 4 rings (SSSR count). The lowest BCUT2D eigenvalue weighted by atomic mass is 10.1. The monoisotopic (exact) mass is 425 g/mol. The van der Waals surface area contributed by atoms with E-state index in [9.17, 15) is 13.9 Å². The second-order valence-corrected chi connectivity index (χ2v) is 7.66. The van der Waals surface area contributed by atoms with Crippen molar-refractivity contribution in [3.05, 3.63) is 71.8 Å². The molecule has 0 amide bonds. The molecule has 0 unspecified atom stereocenters. The number of fused-ring (bicyclic) bond motifs is 1. The quantitative estimate of drug-likeness (QED) is 0.504. The van der Waals surface area contributed by atoms with Crippen LogP contribution in [-0.4, -0.2) is 36.1 Å². The number of halogens is 2. The van der Waals surface area contributed by atoms with Crippen molar-refractivity contribution in [1.29, 1.82) is 0 Å². The van der Waals surface area contributed by atoms with E-state index in [0.29, 0.717) is 34.7 Å². The molecular weight excluding hydrogens is 404 g/mol. The van der Waals surface area contributed by atoms with Crippen LogP contribution in [0.3, 0.4) is 0 Å². The molecule has 0 radical (unpaired) electrons. The fourth-order valence-corrected chi connectivity index (χ4v) is 3.30. The summed E-state index contributed by atoms with van der Waals surface area (Å²) in [7, 11) is 0. The van der Waals surface area contributed by atoms with E-state index in [4.69, 9.17) is 0 Å². The molecule has 0 spiro atoms. The van der Waals surface area contributed by atoms with E-state index in [1.165, 1.54) is 6.07 Å². The van der Waals surface area contributed by atoms with E-state index in [0.717, 1.165) is 11.4 Å². The third-order valence-corrected chi connectivity index (χ3v) is 4.85. The van der Waals surface area contributed by atoms with Crippen molar-refractivity contribution in [3.8, 4) is 17.0 Å². The highest BCUT2D eigenvalue weighted by Gasteiger charge is 2.20. The number of rotatable bonds is 6. The Morgan fingerprint density at radius 1 is 1.10 bits per heavy atom. The van der Waals surface area contributed by atoms with Gasteiger partial charge in [-0.15, -0.1) is 0 Å². The van der Waals surface area contributed by atoms with Crippen LogP contribution in [0.25, 0.3) is 16.9 Å². The molecule has 9 heteroatoms. The first kappa shape index (κ1) is 20.8. The topological polar surface area (TPSA) is 85.4 Å². The average molecular weight is 425 g/mol. The molecule has 3 heterocycles. The van der Waals surface area contributed by atoms with Crippen LogP contribution in [0.1, 0.15) is 36.6 Å². The van der Waals surface area contributed by atoms with Gasteiger partial charge in [-0.25, -0.2) is 15.0 Å². The lowest BCUT2D eigenvalue weighted by Crippen LogP contribution is -2.19. The number of nitrogens with zero attached hydrogens (tertiary/aromatic N) is 5. The van der Waals surface area contributed by atoms with Crippen molar-refractivity contribution in [2.75, 3.05) is 0 Å². The molecule has 0 atom stereocenters. The predicted molar refractivity (Wildman–Crippen MR) is 110 cm³/mol. The number of aromatic nitrogens is 5. The normalized spacial score (nSPS) is 12.0. The van der Waals surface area contributed by atoms with E-state index in [1.54, 1.807) is 50.6 Å². The molecular formula is C22H21F2N5O2. The second kappa shape index (κ2) is 7.99. The predicted octanol–water partition coefficient (Wildman–Crippen LogP) is 3.91. The van der Waals surface area contributed by atoms with Crippen LogP contribution in [0, 0.1) is 6.92 Å². The van der Waals surface area contributed by atoms with Gasteiger partial charge in [-0.2, -0.15) is 8.78 Å². The number of ether oxygens (including phenoxy) is 1. The third kappa shape index (κ3) is 4.36. The zero-order chi connectivity index (χ0) is 22.2. The first-order chi connectivity index (χ1) is 14.7. The van der Waals surface area contributed by atoms with Crippen molar-refractivity contribution in [3.63, 3.8) is 0 Å². The Kier molecular flexibility index (Phi) is 5.36. The number of hydrogen-bond donors (Lipinski definition) is 1. The van der Waals surface area contributed by atoms with Crippen LogP contribution >= 0.6 is 0 Å². The van der Waals surface area contributed by atoms with Gasteiger partial charge in [0.05, 0.1) is 23.3 Å². The van der Waals surface area contributed by atoms with Crippen LogP contribution in [0.2, 0.25) is 0 Å². The fourth-order valence-electron chi connectivity index (χ4n) is 3.30. The summed E-state index contributed by atoms with van der Waals surface area (Å²) in [5.41, 5.74) is 3.01. The van der Waals surface area contributed by atoms with E-state index < -0.39 is 12.2 Å². The minimum atomic E-state index is -2.90. The lowest BCUT2D eigenvalue weighted by molar-refractivity contribution is -0.0504. The highest BCUT2D eigenvalue weighted by Crippen LogP contribution is 2.26. The molecule has 0 aliphatic carbocycles. The number of alkyl halides is 2. The molecule has 3 aromatic heterocycles. The maximum Gasteiger partial charge on any atom is 0.387 e. The molecule has 1 aromatic carbocycles. The van der Waals surface area contributed by atoms with Gasteiger partial charge in [0.1, 0.15) is 11.4 Å². The summed E-state index contributed by atoms with van der Waals surface area (Å²) in [6.07, 6.45) is 7.00. The van der Waals surface area contributed by atoms with Gasteiger partial charge in [0, 0.05) is 36.1 Å². The molecule has 0 aliphatic rings. The van der Waals surface area contributed by atoms with Gasteiger partial charge < -0.3 is 9.84 Å². The molecule has 4 aromatic rings. The molecule has 0 saturated heterocycles. The minimum absolute atomic E-state index is 0.136. The molecule has 0 fully saturated rings. The molecule has 7 nitrogen and oxygen atoms in total. The Hall–Kier alpha value is -3.46. The van der Waals surface area contributed by atoms with Gasteiger partial charge in [-0.1, -0.05) is 18.2 Å². The van der Waals surface area contributed by atoms with Crippen LogP contribution in [0.4, 0.5) is 8.78 Å². The van der Waals surface area contributed by atoms with E-state index in [2.05, 4.69) is 24.7 Å². The first-order valence-electron chi connectivity index (χ1n) is 9.64. The van der Waals surface area contributed by atoms with Crippen molar-refractivity contribution >= 4 is 5.65 Å². The Morgan fingerprint density at radius 3 is 2.48 bits per heavy atom. The van der Waals surface area contributed by atoms with Gasteiger partial charge in [-0.05, 0) is 26.8 Å². The Bertz CT molecular complexity index is 1220. The maximum absolute atomic E-state index is 12.8. The summed E-state index contributed by atoms with van der Waals surface area (Å²) in [6, 6.07) is 6.71. The maximum atomic E-state index is 12.8. The summed E-state index contributed by atoms with van der Waals surface area (Å²) in [6.45, 7) is 2.19. The summed E-state index contributed by atoms with van der Waals surface area (Å²) < 4.78 is 32.1. The summed E-state index contributed by atoms with van der Waals surface area (Å²) in [5.74, 6) is 0.448. The minimum Gasteiger partial charge on any atom is -0.435 e. The number of benzene rings is 1. The number of hydrogen-bond acceptors (Lipinski definition) is 6. The number of aliphatic hydroxyl groups is 1. The lowest BCUT2D eigenvalue weighted by Gasteiger charge is -2.15. The Morgan fingerprint density at radius 2 is 1.81 bits per heavy atom.